The predicted octanol–water partition coefficient (Wildman–Crippen LogP) is 7.52. The van der Waals surface area contributed by atoms with Crippen LogP contribution in [0.15, 0.2) is 115 Å². The second kappa shape index (κ2) is 13.4. The summed E-state index contributed by atoms with van der Waals surface area (Å²) < 4.78 is 11.4. The summed E-state index contributed by atoms with van der Waals surface area (Å²) in [6.07, 6.45) is 0.266. The lowest BCUT2D eigenvalue weighted by atomic mass is 9.96. The number of nitrogens with zero attached hydrogens (tertiary/aromatic N) is 1. The van der Waals surface area contributed by atoms with Gasteiger partial charge < -0.3 is 9.47 Å². The van der Waals surface area contributed by atoms with Gasteiger partial charge in [0.05, 0.1) is 13.0 Å². The molecule has 0 amide bonds. The zero-order valence-corrected chi connectivity index (χ0v) is 21.6. The van der Waals surface area contributed by atoms with Crippen molar-refractivity contribution in [2.45, 2.75) is 45.5 Å². The van der Waals surface area contributed by atoms with Gasteiger partial charge in [0.15, 0.2) is 0 Å². The molecule has 0 radical (unpaired) electrons. The number of benzene rings is 4. The minimum atomic E-state index is -0.199. The number of ether oxygens (including phenoxy) is 2. The van der Waals surface area contributed by atoms with Crippen LogP contribution in [0.2, 0.25) is 0 Å². The number of hydrogen-bond acceptors (Lipinski definition) is 4. The van der Waals surface area contributed by atoms with Crippen LogP contribution in [-0.4, -0.2) is 17.5 Å². The third kappa shape index (κ3) is 7.55. The Kier molecular flexibility index (Phi) is 9.50. The highest BCUT2D eigenvalue weighted by atomic mass is 16.5. The van der Waals surface area contributed by atoms with E-state index in [0.29, 0.717) is 19.8 Å². The van der Waals surface area contributed by atoms with Crippen LogP contribution in [-0.2, 0) is 22.7 Å². The number of hydrogen-bond donors (Lipinski definition) is 0. The highest BCUT2D eigenvalue weighted by molar-refractivity contribution is 5.70. The van der Waals surface area contributed by atoms with Crippen molar-refractivity contribution in [2.24, 2.45) is 0 Å². The Hall–Kier alpha value is -3.89. The lowest BCUT2D eigenvalue weighted by molar-refractivity contribution is -0.145. The SMILES string of the molecule is CCOC(=O)C[C@H](c1ccc(OCc2ccccc2)cc1)N(Cc1ccccc1)C(C)c1ccccc1. The molecular formula is C33H35NO3. The first kappa shape index (κ1) is 26.2. The van der Waals surface area contributed by atoms with E-state index in [4.69, 9.17) is 9.47 Å². The first-order valence-electron chi connectivity index (χ1n) is 12.9. The molecule has 0 heterocycles. The molecule has 4 nitrogen and oxygen atoms in total. The van der Waals surface area contributed by atoms with Gasteiger partial charge in [0.2, 0.25) is 0 Å². The summed E-state index contributed by atoms with van der Waals surface area (Å²) in [5, 5.41) is 0. The van der Waals surface area contributed by atoms with E-state index in [0.717, 1.165) is 16.9 Å². The van der Waals surface area contributed by atoms with Crippen molar-refractivity contribution in [1.29, 1.82) is 0 Å². The number of esters is 1. The van der Waals surface area contributed by atoms with Crippen LogP contribution in [0.3, 0.4) is 0 Å². The fourth-order valence-corrected chi connectivity index (χ4v) is 4.57. The first-order chi connectivity index (χ1) is 18.1. The standard InChI is InChI=1S/C33H35NO3/c1-3-36-33(35)23-32(30-19-21-31(22-20-30)37-25-28-15-9-5-10-16-28)34(24-27-13-7-4-8-14-27)26(2)29-17-11-6-12-18-29/h4-22,26,32H,3,23-25H2,1-2H3/t26?,32-/m1/s1. The van der Waals surface area contributed by atoms with Crippen molar-refractivity contribution in [3.63, 3.8) is 0 Å². The highest BCUT2D eigenvalue weighted by Crippen LogP contribution is 2.35. The molecule has 0 saturated heterocycles. The van der Waals surface area contributed by atoms with Gasteiger partial charge in [-0.05, 0) is 48.2 Å². The van der Waals surface area contributed by atoms with Gasteiger partial charge in [0.1, 0.15) is 12.4 Å². The molecule has 0 aliphatic carbocycles. The third-order valence-corrected chi connectivity index (χ3v) is 6.57. The summed E-state index contributed by atoms with van der Waals surface area (Å²) >= 11 is 0. The second-order valence-corrected chi connectivity index (χ2v) is 9.11. The summed E-state index contributed by atoms with van der Waals surface area (Å²) in [5.74, 6) is 0.600. The van der Waals surface area contributed by atoms with Crippen LogP contribution in [0.4, 0.5) is 0 Å². The van der Waals surface area contributed by atoms with Gasteiger partial charge in [-0.25, -0.2) is 0 Å². The molecule has 4 aromatic carbocycles. The van der Waals surface area contributed by atoms with Crippen molar-refractivity contribution in [2.75, 3.05) is 6.61 Å². The van der Waals surface area contributed by atoms with Crippen LogP contribution in [0.25, 0.3) is 0 Å². The average Bonchev–Trinajstić information content (AvgIpc) is 2.95. The summed E-state index contributed by atoms with van der Waals surface area (Å²) in [6, 6.07) is 39.0. The Morgan fingerprint density at radius 1 is 0.730 bits per heavy atom. The van der Waals surface area contributed by atoms with Crippen LogP contribution >= 0.6 is 0 Å². The monoisotopic (exact) mass is 493 g/mol. The van der Waals surface area contributed by atoms with Crippen molar-refractivity contribution in [3.8, 4) is 5.75 Å². The molecule has 1 unspecified atom stereocenters. The first-order valence-corrected chi connectivity index (χ1v) is 12.9. The van der Waals surface area contributed by atoms with E-state index < -0.39 is 0 Å². The van der Waals surface area contributed by atoms with Gasteiger partial charge >= 0.3 is 5.97 Å². The number of rotatable bonds is 12. The average molecular weight is 494 g/mol. The predicted molar refractivity (Wildman–Crippen MR) is 148 cm³/mol. The van der Waals surface area contributed by atoms with Crippen molar-refractivity contribution in [1.82, 2.24) is 4.90 Å². The topological polar surface area (TPSA) is 38.8 Å². The third-order valence-electron chi connectivity index (χ3n) is 6.57. The minimum Gasteiger partial charge on any atom is -0.489 e. The Bertz CT molecular complexity index is 1210. The molecule has 4 heteroatoms. The molecule has 0 saturated carbocycles. The van der Waals surface area contributed by atoms with Crippen molar-refractivity contribution in [3.05, 3.63) is 138 Å². The van der Waals surface area contributed by atoms with E-state index >= 15 is 0 Å². The smallest absolute Gasteiger partial charge is 0.307 e. The molecule has 4 aromatic rings. The molecule has 0 N–H and O–H groups in total. The lowest BCUT2D eigenvalue weighted by Crippen LogP contribution is -2.33. The van der Waals surface area contributed by atoms with Gasteiger partial charge in [0.25, 0.3) is 0 Å². The lowest BCUT2D eigenvalue weighted by Gasteiger charge is -2.37. The minimum absolute atomic E-state index is 0.0786. The highest BCUT2D eigenvalue weighted by Gasteiger charge is 2.29. The van der Waals surface area contributed by atoms with Crippen molar-refractivity contribution < 1.29 is 14.3 Å². The summed E-state index contributed by atoms with van der Waals surface area (Å²) in [4.78, 5) is 15.2. The molecular weight excluding hydrogens is 458 g/mol. The van der Waals surface area contributed by atoms with Crippen LogP contribution in [0.5, 0.6) is 5.75 Å². The number of carbonyl (C=O) groups excluding carboxylic acids is 1. The van der Waals surface area contributed by atoms with E-state index in [1.54, 1.807) is 0 Å². The molecule has 37 heavy (non-hydrogen) atoms. The fourth-order valence-electron chi connectivity index (χ4n) is 4.57. The Labute approximate surface area is 220 Å². The maximum absolute atomic E-state index is 12.8. The quantitative estimate of drug-likeness (QED) is 0.191. The zero-order chi connectivity index (χ0) is 25.9. The molecule has 0 aliphatic heterocycles. The molecule has 0 aliphatic rings. The van der Waals surface area contributed by atoms with Gasteiger partial charge in [-0.15, -0.1) is 0 Å². The van der Waals surface area contributed by atoms with E-state index in [1.165, 1.54) is 11.1 Å². The zero-order valence-electron chi connectivity index (χ0n) is 21.6. The Balaban J connectivity index is 1.63. The van der Waals surface area contributed by atoms with E-state index in [9.17, 15) is 4.79 Å². The summed E-state index contributed by atoms with van der Waals surface area (Å²) in [7, 11) is 0. The van der Waals surface area contributed by atoms with E-state index in [1.807, 2.05) is 49.4 Å². The largest absolute Gasteiger partial charge is 0.489 e. The van der Waals surface area contributed by atoms with E-state index in [-0.39, 0.29) is 24.5 Å². The van der Waals surface area contributed by atoms with Gasteiger partial charge in [0, 0.05) is 18.6 Å². The normalized spacial score (nSPS) is 12.6. The molecule has 0 bridgehead atoms. The fraction of sp³-hybridized carbons (Fsp3) is 0.242. The van der Waals surface area contributed by atoms with Crippen LogP contribution < -0.4 is 4.74 Å². The molecule has 0 fully saturated rings. The summed E-state index contributed by atoms with van der Waals surface area (Å²) in [6.45, 7) is 5.63. The van der Waals surface area contributed by atoms with Gasteiger partial charge in [-0.1, -0.05) is 103 Å². The molecule has 190 valence electrons. The van der Waals surface area contributed by atoms with E-state index in [2.05, 4.69) is 84.6 Å². The van der Waals surface area contributed by atoms with Gasteiger partial charge in [-0.3, -0.25) is 9.69 Å². The molecule has 2 atom stereocenters. The van der Waals surface area contributed by atoms with Crippen LogP contribution in [0.1, 0.15) is 54.6 Å². The number of carbonyl (C=O) groups is 1. The maximum Gasteiger partial charge on any atom is 0.307 e. The molecule has 0 aromatic heterocycles. The van der Waals surface area contributed by atoms with Gasteiger partial charge in [-0.2, -0.15) is 0 Å². The van der Waals surface area contributed by atoms with Crippen LogP contribution in [0, 0.1) is 0 Å². The Morgan fingerprint density at radius 3 is 1.89 bits per heavy atom. The second-order valence-electron chi connectivity index (χ2n) is 9.11. The van der Waals surface area contributed by atoms with Crippen molar-refractivity contribution >= 4 is 5.97 Å². The Morgan fingerprint density at radius 2 is 1.30 bits per heavy atom. The summed E-state index contributed by atoms with van der Waals surface area (Å²) in [5.41, 5.74) is 4.58. The maximum atomic E-state index is 12.8. The molecule has 4 rings (SSSR count). The molecule has 0 spiro atoms.